The second-order valence-electron chi connectivity index (χ2n) is 6.89. The molecule has 8 heteroatoms. The number of methoxy groups -OCH3 is 2. The fourth-order valence-electron chi connectivity index (χ4n) is 3.55. The number of rotatable bonds is 7. The summed E-state index contributed by atoms with van der Waals surface area (Å²) < 4.78 is 12.8. The molecule has 0 unspecified atom stereocenters. The van der Waals surface area contributed by atoms with Gasteiger partial charge in [-0.25, -0.2) is 4.40 Å². The molecular formula is C23H24N4O3S. The molecule has 0 fully saturated rings. The van der Waals surface area contributed by atoms with Gasteiger partial charge in [-0.2, -0.15) is 0 Å². The quantitative estimate of drug-likeness (QED) is 0.443. The molecule has 0 aliphatic rings. The van der Waals surface area contributed by atoms with E-state index in [-0.39, 0.29) is 5.56 Å². The maximum atomic E-state index is 13.1. The lowest BCUT2D eigenvalue weighted by atomic mass is 10.2. The van der Waals surface area contributed by atoms with Crippen molar-refractivity contribution in [2.75, 3.05) is 32.2 Å². The third-order valence-electron chi connectivity index (χ3n) is 5.21. The Bertz CT molecular complexity index is 1310. The molecule has 4 aromatic rings. The summed E-state index contributed by atoms with van der Waals surface area (Å²) in [4.78, 5) is 16.0. The van der Waals surface area contributed by atoms with Crippen LogP contribution in [-0.2, 0) is 0 Å². The zero-order chi connectivity index (χ0) is 22.0. The molecule has 0 saturated heterocycles. The smallest absolute Gasteiger partial charge is 0.276 e. The molecule has 160 valence electrons. The van der Waals surface area contributed by atoms with E-state index in [1.165, 1.54) is 17.0 Å². The number of anilines is 1. The lowest BCUT2D eigenvalue weighted by molar-refractivity contribution is 0.355. The minimum Gasteiger partial charge on any atom is -0.493 e. The minimum atomic E-state index is -0.136. The fraction of sp³-hybridized carbons (Fsp3) is 0.261. The standard InChI is InChI=1S/C23H24N4O3S/c1-5-26(6-2)17-10-7-15(8-11-17)13-20-22(28)27-21(24-25-23(27)31-20)16-9-12-18(29-3)19(14-16)30-4/h7-14H,5-6H2,1-4H3. The average Bonchev–Trinajstić information content (AvgIpc) is 3.35. The van der Waals surface area contributed by atoms with Gasteiger partial charge in [-0.1, -0.05) is 23.5 Å². The number of hydrogen-bond acceptors (Lipinski definition) is 7. The van der Waals surface area contributed by atoms with Gasteiger partial charge in [0.15, 0.2) is 17.3 Å². The van der Waals surface area contributed by atoms with Crippen LogP contribution in [0.15, 0.2) is 47.3 Å². The molecule has 0 atom stereocenters. The van der Waals surface area contributed by atoms with E-state index in [0.717, 1.165) is 24.2 Å². The Labute approximate surface area is 184 Å². The summed E-state index contributed by atoms with van der Waals surface area (Å²) in [5, 5.41) is 8.43. The molecule has 2 heterocycles. The van der Waals surface area contributed by atoms with E-state index in [4.69, 9.17) is 9.47 Å². The van der Waals surface area contributed by atoms with E-state index in [1.807, 2.05) is 24.3 Å². The highest BCUT2D eigenvalue weighted by Crippen LogP contribution is 2.31. The molecule has 0 amide bonds. The summed E-state index contributed by atoms with van der Waals surface area (Å²) in [5.74, 6) is 1.66. The lowest BCUT2D eigenvalue weighted by Crippen LogP contribution is -2.23. The summed E-state index contributed by atoms with van der Waals surface area (Å²) in [7, 11) is 3.15. The van der Waals surface area contributed by atoms with Crippen molar-refractivity contribution in [1.29, 1.82) is 0 Å². The first kappa shape index (κ1) is 20.9. The van der Waals surface area contributed by atoms with Crippen LogP contribution in [0.5, 0.6) is 11.5 Å². The Kier molecular flexibility index (Phi) is 5.90. The number of fused-ring (bicyclic) bond motifs is 1. The molecule has 2 aromatic heterocycles. The topological polar surface area (TPSA) is 69.0 Å². The molecular weight excluding hydrogens is 412 g/mol. The third kappa shape index (κ3) is 3.86. The summed E-state index contributed by atoms with van der Waals surface area (Å²) >= 11 is 1.33. The monoisotopic (exact) mass is 436 g/mol. The zero-order valence-electron chi connectivity index (χ0n) is 18.0. The summed E-state index contributed by atoms with van der Waals surface area (Å²) in [6, 6.07) is 13.6. The Morgan fingerprint density at radius 3 is 2.35 bits per heavy atom. The van der Waals surface area contributed by atoms with Crippen molar-refractivity contribution < 1.29 is 9.47 Å². The van der Waals surface area contributed by atoms with Crippen LogP contribution in [-0.4, -0.2) is 41.9 Å². The first-order valence-corrected chi connectivity index (χ1v) is 10.9. The van der Waals surface area contributed by atoms with E-state index in [0.29, 0.717) is 26.8 Å². The molecule has 0 radical (unpaired) electrons. The molecule has 0 bridgehead atoms. The van der Waals surface area contributed by atoms with E-state index in [9.17, 15) is 4.79 Å². The molecule has 31 heavy (non-hydrogen) atoms. The van der Waals surface area contributed by atoms with Crippen molar-refractivity contribution in [3.05, 3.63) is 62.9 Å². The van der Waals surface area contributed by atoms with Gasteiger partial charge in [-0.3, -0.25) is 4.79 Å². The third-order valence-corrected chi connectivity index (χ3v) is 6.17. The van der Waals surface area contributed by atoms with Gasteiger partial charge in [0.05, 0.1) is 18.8 Å². The largest absolute Gasteiger partial charge is 0.493 e. The second kappa shape index (κ2) is 8.77. The van der Waals surface area contributed by atoms with Gasteiger partial charge in [0.1, 0.15) is 0 Å². The highest BCUT2D eigenvalue weighted by molar-refractivity contribution is 7.15. The Hall–Kier alpha value is -3.39. The fourth-order valence-corrected chi connectivity index (χ4v) is 4.46. The molecule has 0 spiro atoms. The lowest BCUT2D eigenvalue weighted by Gasteiger charge is -2.20. The van der Waals surface area contributed by atoms with Crippen LogP contribution in [0.3, 0.4) is 0 Å². The van der Waals surface area contributed by atoms with Crippen LogP contribution in [0.25, 0.3) is 22.4 Å². The van der Waals surface area contributed by atoms with Gasteiger partial charge in [-0.15, -0.1) is 10.2 Å². The summed E-state index contributed by atoms with van der Waals surface area (Å²) in [5.41, 5.74) is 2.74. The van der Waals surface area contributed by atoms with E-state index in [2.05, 4.69) is 41.1 Å². The van der Waals surface area contributed by atoms with Gasteiger partial charge < -0.3 is 14.4 Å². The van der Waals surface area contributed by atoms with Crippen molar-refractivity contribution >= 4 is 28.1 Å². The normalized spacial score (nSPS) is 11.8. The van der Waals surface area contributed by atoms with E-state index in [1.54, 1.807) is 30.8 Å². The SMILES string of the molecule is CCN(CC)c1ccc(C=c2sc3nnc(-c4ccc(OC)c(OC)c4)n3c2=O)cc1. The highest BCUT2D eigenvalue weighted by Gasteiger charge is 2.16. The Morgan fingerprint density at radius 2 is 1.71 bits per heavy atom. The predicted octanol–water partition coefficient (Wildman–Crippen LogP) is 3.23. The summed E-state index contributed by atoms with van der Waals surface area (Å²) in [6.45, 7) is 6.19. The van der Waals surface area contributed by atoms with Crippen molar-refractivity contribution in [3.8, 4) is 22.9 Å². The number of benzene rings is 2. The molecule has 2 aromatic carbocycles. The highest BCUT2D eigenvalue weighted by atomic mass is 32.1. The zero-order valence-corrected chi connectivity index (χ0v) is 18.8. The van der Waals surface area contributed by atoms with Gasteiger partial charge in [-0.05, 0) is 55.8 Å². The van der Waals surface area contributed by atoms with Crippen LogP contribution < -0.4 is 24.5 Å². The van der Waals surface area contributed by atoms with Crippen molar-refractivity contribution in [3.63, 3.8) is 0 Å². The first-order chi connectivity index (χ1) is 15.1. The van der Waals surface area contributed by atoms with Gasteiger partial charge >= 0.3 is 0 Å². The van der Waals surface area contributed by atoms with E-state index >= 15 is 0 Å². The molecule has 0 aliphatic carbocycles. The molecule has 7 nitrogen and oxygen atoms in total. The van der Waals surface area contributed by atoms with Crippen LogP contribution in [0.4, 0.5) is 5.69 Å². The molecule has 4 rings (SSSR count). The van der Waals surface area contributed by atoms with Gasteiger partial charge in [0.2, 0.25) is 4.96 Å². The molecule has 0 aliphatic heterocycles. The number of thiazole rings is 1. The van der Waals surface area contributed by atoms with Gasteiger partial charge in [0.25, 0.3) is 5.56 Å². The Morgan fingerprint density at radius 1 is 1.00 bits per heavy atom. The van der Waals surface area contributed by atoms with Crippen LogP contribution >= 0.6 is 11.3 Å². The first-order valence-electron chi connectivity index (χ1n) is 10.1. The second-order valence-corrected chi connectivity index (χ2v) is 7.90. The number of hydrogen-bond donors (Lipinski definition) is 0. The minimum absolute atomic E-state index is 0.136. The van der Waals surface area contributed by atoms with Crippen LogP contribution in [0.2, 0.25) is 0 Å². The number of nitrogens with zero attached hydrogens (tertiary/aromatic N) is 4. The van der Waals surface area contributed by atoms with Crippen molar-refractivity contribution in [1.82, 2.24) is 14.6 Å². The maximum Gasteiger partial charge on any atom is 0.276 e. The number of aromatic nitrogens is 3. The summed E-state index contributed by atoms with van der Waals surface area (Å²) in [6.07, 6.45) is 1.89. The van der Waals surface area contributed by atoms with Crippen molar-refractivity contribution in [2.45, 2.75) is 13.8 Å². The van der Waals surface area contributed by atoms with Gasteiger partial charge in [0, 0.05) is 24.3 Å². The molecule has 0 saturated carbocycles. The average molecular weight is 437 g/mol. The maximum absolute atomic E-state index is 13.1. The Balaban J connectivity index is 1.75. The predicted molar refractivity (Wildman–Crippen MR) is 124 cm³/mol. The van der Waals surface area contributed by atoms with Crippen LogP contribution in [0, 0.1) is 0 Å². The molecule has 0 N–H and O–H groups in total. The number of ether oxygens (including phenoxy) is 2. The van der Waals surface area contributed by atoms with Crippen LogP contribution in [0.1, 0.15) is 19.4 Å². The van der Waals surface area contributed by atoms with E-state index < -0.39 is 0 Å². The van der Waals surface area contributed by atoms with Crippen molar-refractivity contribution in [2.24, 2.45) is 0 Å².